The van der Waals surface area contributed by atoms with Crippen molar-refractivity contribution >= 4 is 5.97 Å². The lowest BCUT2D eigenvalue weighted by Crippen LogP contribution is -2.06. The fraction of sp³-hybridized carbons (Fsp3) is 0.188. The fourth-order valence-corrected chi connectivity index (χ4v) is 1.81. The highest BCUT2D eigenvalue weighted by molar-refractivity contribution is 5.90. The van der Waals surface area contributed by atoms with E-state index in [9.17, 15) is 9.18 Å². The van der Waals surface area contributed by atoms with Crippen molar-refractivity contribution in [1.29, 1.82) is 0 Å². The molecule has 0 spiro atoms. The van der Waals surface area contributed by atoms with E-state index in [1.807, 2.05) is 0 Å². The molecular formula is C16H15FO4. The molecule has 0 aliphatic carbocycles. The Morgan fingerprint density at radius 2 is 1.76 bits per heavy atom. The summed E-state index contributed by atoms with van der Waals surface area (Å²) in [4.78, 5) is 12.0. The molecule has 0 saturated carbocycles. The van der Waals surface area contributed by atoms with Crippen LogP contribution in [0.5, 0.6) is 11.5 Å². The van der Waals surface area contributed by atoms with Crippen molar-refractivity contribution in [3.8, 4) is 11.5 Å². The second kappa shape index (κ2) is 6.74. The topological polar surface area (TPSA) is 44.8 Å². The van der Waals surface area contributed by atoms with Gasteiger partial charge in [-0.3, -0.25) is 0 Å². The Balaban J connectivity index is 2.09. The first-order chi connectivity index (χ1) is 10.2. The first-order valence-corrected chi connectivity index (χ1v) is 6.28. The molecule has 0 radical (unpaired) electrons. The van der Waals surface area contributed by atoms with E-state index >= 15 is 0 Å². The van der Waals surface area contributed by atoms with Crippen molar-refractivity contribution in [1.82, 2.24) is 0 Å². The van der Waals surface area contributed by atoms with Gasteiger partial charge in [-0.15, -0.1) is 0 Å². The molecule has 0 fully saturated rings. The first-order valence-electron chi connectivity index (χ1n) is 6.28. The minimum Gasteiger partial charge on any atom is -0.493 e. The van der Waals surface area contributed by atoms with Crippen molar-refractivity contribution in [2.75, 3.05) is 14.2 Å². The molecule has 0 aromatic heterocycles. The number of hydrogen-bond acceptors (Lipinski definition) is 4. The van der Waals surface area contributed by atoms with Gasteiger partial charge in [0, 0.05) is 5.56 Å². The quantitative estimate of drug-likeness (QED) is 0.793. The Bertz CT molecular complexity index is 640. The number of methoxy groups -OCH3 is 2. The molecule has 0 saturated heterocycles. The Kier molecular flexibility index (Phi) is 4.77. The molecule has 2 aromatic carbocycles. The van der Waals surface area contributed by atoms with Crippen LogP contribution in [0.25, 0.3) is 0 Å². The van der Waals surface area contributed by atoms with Gasteiger partial charge in [0.15, 0.2) is 11.5 Å². The van der Waals surface area contributed by atoms with Crippen LogP contribution in [0.1, 0.15) is 15.9 Å². The van der Waals surface area contributed by atoms with E-state index in [1.165, 1.54) is 26.4 Å². The minimum absolute atomic E-state index is 0.125. The normalized spacial score (nSPS) is 10.0. The second-order valence-corrected chi connectivity index (χ2v) is 4.24. The maximum absolute atomic E-state index is 13.4. The summed E-state index contributed by atoms with van der Waals surface area (Å²) in [5, 5.41) is 0. The number of halogens is 1. The Morgan fingerprint density at radius 3 is 2.43 bits per heavy atom. The molecule has 0 N–H and O–H groups in total. The minimum atomic E-state index is -0.556. The van der Waals surface area contributed by atoms with Gasteiger partial charge >= 0.3 is 5.97 Å². The Morgan fingerprint density at radius 1 is 1.05 bits per heavy atom. The van der Waals surface area contributed by atoms with E-state index in [-0.39, 0.29) is 6.61 Å². The van der Waals surface area contributed by atoms with Gasteiger partial charge in [0.25, 0.3) is 0 Å². The third-order valence-corrected chi connectivity index (χ3v) is 2.94. The van der Waals surface area contributed by atoms with Gasteiger partial charge < -0.3 is 14.2 Å². The number of ether oxygens (including phenoxy) is 3. The third-order valence-electron chi connectivity index (χ3n) is 2.94. The standard InChI is InChI=1S/C16H15FO4/c1-19-14-8-7-11(9-15(14)20-2)16(18)21-10-12-5-3-4-6-13(12)17/h3-9H,10H2,1-2H3. The van der Waals surface area contributed by atoms with Crippen LogP contribution in [-0.4, -0.2) is 20.2 Å². The summed E-state index contributed by atoms with van der Waals surface area (Å²) in [6.07, 6.45) is 0. The zero-order valence-electron chi connectivity index (χ0n) is 11.8. The summed E-state index contributed by atoms with van der Waals surface area (Å²) in [7, 11) is 2.99. The van der Waals surface area contributed by atoms with E-state index in [0.717, 1.165) is 0 Å². The van der Waals surface area contributed by atoms with Crippen molar-refractivity contribution in [2.45, 2.75) is 6.61 Å². The SMILES string of the molecule is COc1ccc(C(=O)OCc2ccccc2F)cc1OC. The van der Waals surface area contributed by atoms with Gasteiger partial charge in [-0.1, -0.05) is 18.2 Å². The van der Waals surface area contributed by atoms with Crippen LogP contribution < -0.4 is 9.47 Å². The molecule has 0 atom stereocenters. The molecule has 0 heterocycles. The molecule has 0 aliphatic rings. The lowest BCUT2D eigenvalue weighted by Gasteiger charge is -2.10. The molecule has 4 nitrogen and oxygen atoms in total. The molecule has 0 aliphatic heterocycles. The van der Waals surface area contributed by atoms with E-state index in [1.54, 1.807) is 30.3 Å². The van der Waals surface area contributed by atoms with Gasteiger partial charge in [-0.2, -0.15) is 0 Å². The lowest BCUT2D eigenvalue weighted by molar-refractivity contribution is 0.0468. The highest BCUT2D eigenvalue weighted by Gasteiger charge is 2.12. The van der Waals surface area contributed by atoms with Crippen LogP contribution in [0.4, 0.5) is 4.39 Å². The van der Waals surface area contributed by atoms with Crippen LogP contribution in [0.15, 0.2) is 42.5 Å². The molecule has 2 aromatic rings. The van der Waals surface area contributed by atoms with Crippen molar-refractivity contribution < 1.29 is 23.4 Å². The summed E-state index contributed by atoms with van der Waals surface area (Å²) >= 11 is 0. The Hall–Kier alpha value is -2.56. The van der Waals surface area contributed by atoms with Gasteiger partial charge in [0.1, 0.15) is 12.4 Å². The number of carbonyl (C=O) groups excluding carboxylic acids is 1. The number of hydrogen-bond donors (Lipinski definition) is 0. The zero-order valence-corrected chi connectivity index (χ0v) is 11.8. The monoisotopic (exact) mass is 290 g/mol. The molecule has 5 heteroatoms. The number of rotatable bonds is 5. The zero-order chi connectivity index (χ0) is 15.2. The number of esters is 1. The van der Waals surface area contributed by atoms with Crippen molar-refractivity contribution in [3.63, 3.8) is 0 Å². The van der Waals surface area contributed by atoms with Crippen LogP contribution in [-0.2, 0) is 11.3 Å². The van der Waals surface area contributed by atoms with E-state index in [0.29, 0.717) is 22.6 Å². The van der Waals surface area contributed by atoms with E-state index in [4.69, 9.17) is 14.2 Å². The largest absolute Gasteiger partial charge is 0.493 e. The molecule has 110 valence electrons. The highest BCUT2D eigenvalue weighted by Crippen LogP contribution is 2.27. The van der Waals surface area contributed by atoms with Gasteiger partial charge in [0.2, 0.25) is 0 Å². The van der Waals surface area contributed by atoms with Gasteiger partial charge in [0.05, 0.1) is 19.8 Å². The number of benzene rings is 2. The first kappa shape index (κ1) is 14.8. The molecule has 0 unspecified atom stereocenters. The second-order valence-electron chi connectivity index (χ2n) is 4.24. The van der Waals surface area contributed by atoms with Crippen LogP contribution in [0.2, 0.25) is 0 Å². The smallest absolute Gasteiger partial charge is 0.338 e. The van der Waals surface area contributed by atoms with Crippen molar-refractivity contribution in [3.05, 3.63) is 59.4 Å². The van der Waals surface area contributed by atoms with E-state index in [2.05, 4.69) is 0 Å². The summed E-state index contributed by atoms with van der Waals surface area (Å²) in [6.45, 7) is -0.125. The van der Waals surface area contributed by atoms with Crippen LogP contribution in [0.3, 0.4) is 0 Å². The Labute approximate surface area is 122 Å². The molecule has 21 heavy (non-hydrogen) atoms. The number of carbonyl (C=O) groups is 1. The summed E-state index contributed by atoms with van der Waals surface area (Å²) < 4.78 is 28.7. The summed E-state index contributed by atoms with van der Waals surface area (Å²) in [6, 6.07) is 10.8. The molecule has 0 amide bonds. The average molecular weight is 290 g/mol. The predicted octanol–water partition coefficient (Wildman–Crippen LogP) is 3.20. The third kappa shape index (κ3) is 3.51. The molecule has 0 bridgehead atoms. The molecule has 2 rings (SSSR count). The summed E-state index contributed by atoms with van der Waals surface area (Å²) in [5.41, 5.74) is 0.635. The van der Waals surface area contributed by atoms with Crippen molar-refractivity contribution in [2.24, 2.45) is 0 Å². The van der Waals surface area contributed by atoms with E-state index < -0.39 is 11.8 Å². The predicted molar refractivity (Wildman–Crippen MR) is 75.1 cm³/mol. The maximum Gasteiger partial charge on any atom is 0.338 e. The average Bonchev–Trinajstić information content (AvgIpc) is 2.53. The molecular weight excluding hydrogens is 275 g/mol. The maximum atomic E-state index is 13.4. The summed E-state index contributed by atoms with van der Waals surface area (Å²) in [5.74, 6) is -0.0159. The van der Waals surface area contributed by atoms with Gasteiger partial charge in [-0.05, 0) is 24.3 Å². The van der Waals surface area contributed by atoms with Gasteiger partial charge in [-0.25, -0.2) is 9.18 Å². The fourth-order valence-electron chi connectivity index (χ4n) is 1.81. The highest BCUT2D eigenvalue weighted by atomic mass is 19.1. The van der Waals surface area contributed by atoms with Crippen LogP contribution >= 0.6 is 0 Å². The lowest BCUT2D eigenvalue weighted by atomic mass is 10.2. The van der Waals surface area contributed by atoms with Crippen LogP contribution in [0, 0.1) is 5.82 Å².